The highest BCUT2D eigenvalue weighted by molar-refractivity contribution is 5.68. The van der Waals surface area contributed by atoms with E-state index >= 15 is 0 Å². The minimum Gasteiger partial charge on any atom is -0.444 e. The molecule has 1 atom stereocenters. The van der Waals surface area contributed by atoms with E-state index in [4.69, 9.17) is 9.84 Å². The van der Waals surface area contributed by atoms with Crippen molar-refractivity contribution in [3.8, 4) is 0 Å². The smallest absolute Gasteiger partial charge is 0.407 e. The molecule has 0 spiro atoms. The van der Waals surface area contributed by atoms with Crippen molar-refractivity contribution in [3.63, 3.8) is 0 Å². The molecule has 0 saturated heterocycles. The highest BCUT2D eigenvalue weighted by atomic mass is 16.6. The van der Waals surface area contributed by atoms with E-state index < -0.39 is 11.7 Å². The van der Waals surface area contributed by atoms with Crippen molar-refractivity contribution in [3.05, 3.63) is 12.2 Å². The van der Waals surface area contributed by atoms with Crippen molar-refractivity contribution >= 4 is 6.09 Å². The minimum atomic E-state index is -0.468. The molecule has 0 aromatic rings. The van der Waals surface area contributed by atoms with E-state index in [0.717, 1.165) is 0 Å². The predicted molar refractivity (Wildman–Crippen MR) is 59.7 cm³/mol. The summed E-state index contributed by atoms with van der Waals surface area (Å²) in [5.41, 5.74) is -0.468. The Balaban J connectivity index is 3.81. The predicted octanol–water partition coefficient (Wildman–Crippen LogP) is 1.84. The molecule has 0 heterocycles. The summed E-state index contributed by atoms with van der Waals surface area (Å²) in [5, 5.41) is 11.2. The Labute approximate surface area is 91.3 Å². The van der Waals surface area contributed by atoms with Crippen molar-refractivity contribution in [2.24, 2.45) is 0 Å². The first-order valence-corrected chi connectivity index (χ1v) is 5.10. The van der Waals surface area contributed by atoms with E-state index in [1.54, 1.807) is 6.08 Å². The fourth-order valence-electron chi connectivity index (χ4n) is 0.943. The summed E-state index contributed by atoms with van der Waals surface area (Å²) in [5.74, 6) is 0. The average Bonchev–Trinajstić information content (AvgIpc) is 2.00. The van der Waals surface area contributed by atoms with Crippen LogP contribution in [-0.2, 0) is 4.74 Å². The van der Waals surface area contributed by atoms with Crippen LogP contribution in [0.1, 0.15) is 34.1 Å². The maximum atomic E-state index is 11.3. The summed E-state index contributed by atoms with van der Waals surface area (Å²) in [7, 11) is 0. The summed E-state index contributed by atoms with van der Waals surface area (Å²) in [6.07, 6.45) is 3.74. The zero-order valence-electron chi connectivity index (χ0n) is 9.91. The first-order valence-electron chi connectivity index (χ1n) is 5.10. The van der Waals surface area contributed by atoms with Gasteiger partial charge in [-0.15, -0.1) is 0 Å². The first-order chi connectivity index (χ1) is 6.85. The third kappa shape index (κ3) is 9.28. The van der Waals surface area contributed by atoms with Gasteiger partial charge >= 0.3 is 6.09 Å². The zero-order valence-corrected chi connectivity index (χ0v) is 9.91. The van der Waals surface area contributed by atoms with Crippen molar-refractivity contribution in [2.45, 2.75) is 45.8 Å². The second kappa shape index (κ2) is 6.45. The second-order valence-electron chi connectivity index (χ2n) is 4.44. The molecule has 15 heavy (non-hydrogen) atoms. The van der Waals surface area contributed by atoms with Gasteiger partial charge in [-0.3, -0.25) is 0 Å². The van der Waals surface area contributed by atoms with Gasteiger partial charge < -0.3 is 15.2 Å². The van der Waals surface area contributed by atoms with Crippen LogP contribution in [0.2, 0.25) is 0 Å². The summed E-state index contributed by atoms with van der Waals surface area (Å²) >= 11 is 0. The van der Waals surface area contributed by atoms with Gasteiger partial charge in [-0.2, -0.15) is 0 Å². The zero-order chi connectivity index (χ0) is 11.9. The Morgan fingerprint density at radius 3 is 2.53 bits per heavy atom. The highest BCUT2D eigenvalue weighted by Crippen LogP contribution is 2.07. The summed E-state index contributed by atoms with van der Waals surface area (Å²) in [6.45, 7) is 7.37. The summed E-state index contributed by atoms with van der Waals surface area (Å²) in [6, 6.07) is 0.00245. The largest absolute Gasteiger partial charge is 0.444 e. The lowest BCUT2D eigenvalue weighted by Crippen LogP contribution is -2.37. The number of hydrogen-bond donors (Lipinski definition) is 2. The van der Waals surface area contributed by atoms with Crippen LogP contribution in [0.5, 0.6) is 0 Å². The number of nitrogens with one attached hydrogen (secondary N) is 1. The standard InChI is InChI=1S/C11H21NO3/c1-9(7-5-6-8-13)12-10(14)15-11(2,3)4/h5-6,9,13H,7-8H2,1-4H3,(H,12,14)/b6-5+/t9-/m0/s1. The molecule has 0 aliphatic heterocycles. The van der Waals surface area contributed by atoms with Crippen molar-refractivity contribution < 1.29 is 14.6 Å². The lowest BCUT2D eigenvalue weighted by Gasteiger charge is -2.21. The lowest BCUT2D eigenvalue weighted by atomic mass is 10.2. The Morgan fingerprint density at radius 1 is 1.47 bits per heavy atom. The Kier molecular flexibility index (Phi) is 6.01. The normalized spacial score (nSPS) is 13.9. The SMILES string of the molecule is C[C@@H](C/C=C/CO)NC(=O)OC(C)(C)C. The van der Waals surface area contributed by atoms with Crippen LogP contribution in [0, 0.1) is 0 Å². The molecule has 4 heteroatoms. The fourth-order valence-corrected chi connectivity index (χ4v) is 0.943. The molecule has 1 amide bonds. The van der Waals surface area contributed by atoms with Gasteiger partial charge in [0, 0.05) is 6.04 Å². The van der Waals surface area contributed by atoms with Crippen LogP contribution in [0.25, 0.3) is 0 Å². The number of carbonyl (C=O) groups is 1. The molecule has 2 N–H and O–H groups in total. The molecule has 4 nitrogen and oxygen atoms in total. The molecule has 0 saturated carbocycles. The fraction of sp³-hybridized carbons (Fsp3) is 0.727. The van der Waals surface area contributed by atoms with Gasteiger partial charge in [0.1, 0.15) is 5.60 Å². The van der Waals surface area contributed by atoms with Gasteiger partial charge in [0.25, 0.3) is 0 Å². The molecular weight excluding hydrogens is 194 g/mol. The van der Waals surface area contributed by atoms with Gasteiger partial charge in [-0.25, -0.2) is 4.79 Å². The topological polar surface area (TPSA) is 58.6 Å². The molecule has 0 fully saturated rings. The molecule has 0 aliphatic rings. The molecule has 0 aromatic heterocycles. The van der Waals surface area contributed by atoms with Gasteiger partial charge in [0.2, 0.25) is 0 Å². The average molecular weight is 215 g/mol. The maximum Gasteiger partial charge on any atom is 0.407 e. The van der Waals surface area contributed by atoms with E-state index in [-0.39, 0.29) is 12.6 Å². The first kappa shape index (κ1) is 14.0. The molecular formula is C11H21NO3. The quantitative estimate of drug-likeness (QED) is 0.703. The van der Waals surface area contributed by atoms with Crippen LogP contribution in [-0.4, -0.2) is 29.4 Å². The molecule has 0 rings (SSSR count). The van der Waals surface area contributed by atoms with Gasteiger partial charge in [-0.05, 0) is 34.1 Å². The van der Waals surface area contributed by atoms with Crippen LogP contribution in [0.15, 0.2) is 12.2 Å². The summed E-state index contributed by atoms with van der Waals surface area (Å²) < 4.78 is 5.09. The maximum absolute atomic E-state index is 11.3. The Morgan fingerprint density at radius 2 is 2.07 bits per heavy atom. The monoisotopic (exact) mass is 215 g/mol. The highest BCUT2D eigenvalue weighted by Gasteiger charge is 2.16. The number of hydrogen-bond acceptors (Lipinski definition) is 3. The van der Waals surface area contributed by atoms with Crippen molar-refractivity contribution in [2.75, 3.05) is 6.61 Å². The van der Waals surface area contributed by atoms with Gasteiger partial charge in [0.05, 0.1) is 6.61 Å². The number of alkyl carbamates (subject to hydrolysis) is 1. The molecule has 0 aliphatic carbocycles. The second-order valence-corrected chi connectivity index (χ2v) is 4.44. The Bertz CT molecular complexity index is 218. The number of ether oxygens (including phenoxy) is 1. The van der Waals surface area contributed by atoms with Crippen LogP contribution < -0.4 is 5.32 Å². The number of carbonyl (C=O) groups excluding carboxylic acids is 1. The Hall–Kier alpha value is -1.03. The summed E-state index contributed by atoms with van der Waals surface area (Å²) in [4.78, 5) is 11.3. The minimum absolute atomic E-state index is 0.00245. The molecule has 88 valence electrons. The molecule has 0 radical (unpaired) electrons. The van der Waals surface area contributed by atoms with Crippen LogP contribution in [0.4, 0.5) is 4.79 Å². The van der Waals surface area contributed by atoms with Crippen LogP contribution in [0.3, 0.4) is 0 Å². The van der Waals surface area contributed by atoms with Gasteiger partial charge in [-0.1, -0.05) is 12.2 Å². The number of aliphatic hydroxyl groups excluding tert-OH is 1. The van der Waals surface area contributed by atoms with Crippen molar-refractivity contribution in [1.82, 2.24) is 5.32 Å². The molecule has 0 unspecified atom stereocenters. The van der Waals surface area contributed by atoms with E-state index in [1.165, 1.54) is 0 Å². The number of amides is 1. The van der Waals surface area contributed by atoms with E-state index in [2.05, 4.69) is 5.32 Å². The number of rotatable bonds is 4. The van der Waals surface area contributed by atoms with Crippen LogP contribution >= 0.6 is 0 Å². The van der Waals surface area contributed by atoms with E-state index in [9.17, 15) is 4.79 Å². The molecule has 0 bridgehead atoms. The van der Waals surface area contributed by atoms with E-state index in [1.807, 2.05) is 33.8 Å². The van der Waals surface area contributed by atoms with Gasteiger partial charge in [0.15, 0.2) is 0 Å². The lowest BCUT2D eigenvalue weighted by molar-refractivity contribution is 0.0509. The van der Waals surface area contributed by atoms with Crippen molar-refractivity contribution in [1.29, 1.82) is 0 Å². The van der Waals surface area contributed by atoms with E-state index in [0.29, 0.717) is 6.42 Å². The third-order valence-electron chi connectivity index (χ3n) is 1.52. The molecule has 0 aromatic carbocycles. The third-order valence-corrected chi connectivity index (χ3v) is 1.52. The number of aliphatic hydroxyl groups is 1.